The molecule has 0 aliphatic heterocycles. The van der Waals surface area contributed by atoms with E-state index in [1.807, 2.05) is 24.3 Å². The van der Waals surface area contributed by atoms with Crippen molar-refractivity contribution >= 4 is 28.7 Å². The maximum atomic E-state index is 11.8. The van der Waals surface area contributed by atoms with Crippen LogP contribution in [0.25, 0.3) is 11.1 Å². The highest BCUT2D eigenvalue weighted by Gasteiger charge is 2.21. The van der Waals surface area contributed by atoms with E-state index in [1.54, 1.807) is 26.3 Å². The molecule has 1 aliphatic rings. The van der Waals surface area contributed by atoms with E-state index in [9.17, 15) is 4.79 Å². The number of hydrogen-bond donors (Lipinski definition) is 0. The number of allylic oxidation sites excluding steroid dienone is 2. The summed E-state index contributed by atoms with van der Waals surface area (Å²) in [6, 6.07) is 9.35. The molecule has 0 saturated heterocycles. The number of halogens is 1. The van der Waals surface area contributed by atoms with Crippen molar-refractivity contribution in [3.8, 4) is 5.75 Å². The third-order valence-electron chi connectivity index (χ3n) is 4.29. The molecule has 130 valence electrons. The zero-order valence-electron chi connectivity index (χ0n) is 14.3. The average molecular weight is 358 g/mol. The van der Waals surface area contributed by atoms with Crippen LogP contribution in [-0.4, -0.2) is 24.7 Å². The van der Waals surface area contributed by atoms with Gasteiger partial charge in [0.2, 0.25) is 0 Å². The van der Waals surface area contributed by atoms with Crippen LogP contribution in [-0.2, 0) is 4.74 Å². The first kappa shape index (κ1) is 17.5. The Morgan fingerprint density at radius 2 is 2.00 bits per heavy atom. The molecule has 2 aromatic rings. The summed E-state index contributed by atoms with van der Waals surface area (Å²) in [4.78, 5) is 16.3. The fraction of sp³-hybridized carbons (Fsp3) is 0.300. The summed E-state index contributed by atoms with van der Waals surface area (Å²) in [5, 5.41) is 0.651. The molecule has 3 rings (SSSR count). The molecule has 0 spiro atoms. The topological polar surface area (TPSA) is 48.4 Å². The highest BCUT2D eigenvalue weighted by atomic mass is 35.5. The number of aromatic nitrogens is 1. The molecule has 0 amide bonds. The van der Waals surface area contributed by atoms with Crippen LogP contribution in [0, 0.1) is 0 Å². The summed E-state index contributed by atoms with van der Waals surface area (Å²) in [6.07, 6.45) is 4.56. The number of ether oxygens (including phenoxy) is 2. The van der Waals surface area contributed by atoms with Crippen molar-refractivity contribution < 1.29 is 14.3 Å². The van der Waals surface area contributed by atoms with E-state index in [0.29, 0.717) is 17.2 Å². The number of esters is 1. The number of hydrogen-bond acceptors (Lipinski definition) is 4. The van der Waals surface area contributed by atoms with Gasteiger partial charge in [0.25, 0.3) is 0 Å². The molecule has 1 aromatic heterocycles. The highest BCUT2D eigenvalue weighted by molar-refractivity contribution is 6.30. The van der Waals surface area contributed by atoms with Gasteiger partial charge in [-0.05, 0) is 67.7 Å². The van der Waals surface area contributed by atoms with Gasteiger partial charge in [-0.1, -0.05) is 11.6 Å². The van der Waals surface area contributed by atoms with E-state index in [0.717, 1.165) is 36.3 Å². The molecule has 0 saturated carbocycles. The Hall–Kier alpha value is -2.33. The maximum absolute atomic E-state index is 11.8. The van der Waals surface area contributed by atoms with Crippen molar-refractivity contribution in [2.45, 2.75) is 26.2 Å². The Balaban J connectivity index is 1.98. The molecule has 1 heterocycles. The van der Waals surface area contributed by atoms with E-state index < -0.39 is 0 Å². The molecular formula is C20H20ClNO3. The molecule has 0 atom stereocenters. The van der Waals surface area contributed by atoms with Gasteiger partial charge >= 0.3 is 5.97 Å². The Labute approximate surface area is 152 Å². The molecule has 5 heteroatoms. The second kappa shape index (κ2) is 7.70. The standard InChI is InChI=1S/C20H20ClNO3/c1-3-25-20(23)13-7-10-18(22-12-13)16-6-4-5-15(16)17-9-8-14(21)11-19(17)24-2/h7-12H,3-6H2,1-2H3. The maximum Gasteiger partial charge on any atom is 0.339 e. The summed E-state index contributed by atoms with van der Waals surface area (Å²) in [5.41, 5.74) is 4.82. The number of nitrogens with zero attached hydrogens (tertiary/aromatic N) is 1. The van der Waals surface area contributed by atoms with Crippen LogP contribution in [0.4, 0.5) is 0 Å². The summed E-state index contributed by atoms with van der Waals surface area (Å²) < 4.78 is 10.5. The predicted octanol–water partition coefficient (Wildman–Crippen LogP) is 5.02. The molecule has 0 unspecified atom stereocenters. The SMILES string of the molecule is CCOC(=O)c1ccc(C2=C(c3ccc(Cl)cc3OC)CCC2)nc1. The Morgan fingerprint density at radius 3 is 2.68 bits per heavy atom. The van der Waals surface area contributed by atoms with Gasteiger partial charge in [0, 0.05) is 16.8 Å². The van der Waals surface area contributed by atoms with Crippen molar-refractivity contribution in [3.63, 3.8) is 0 Å². The molecule has 25 heavy (non-hydrogen) atoms. The van der Waals surface area contributed by atoms with E-state index >= 15 is 0 Å². The first-order valence-electron chi connectivity index (χ1n) is 8.33. The van der Waals surface area contributed by atoms with Crippen molar-refractivity contribution in [1.82, 2.24) is 4.98 Å². The minimum atomic E-state index is -0.346. The van der Waals surface area contributed by atoms with Crippen LogP contribution >= 0.6 is 11.6 Å². The fourth-order valence-corrected chi connectivity index (χ4v) is 3.31. The summed E-state index contributed by atoms with van der Waals surface area (Å²) in [7, 11) is 1.65. The normalized spacial score (nSPS) is 13.9. The van der Waals surface area contributed by atoms with Crippen molar-refractivity contribution in [1.29, 1.82) is 0 Å². The fourth-order valence-electron chi connectivity index (χ4n) is 3.15. The van der Waals surface area contributed by atoms with Gasteiger partial charge in [-0.25, -0.2) is 4.79 Å². The van der Waals surface area contributed by atoms with E-state index in [2.05, 4.69) is 4.98 Å². The number of carbonyl (C=O) groups is 1. The quantitative estimate of drug-likeness (QED) is 0.705. The smallest absolute Gasteiger partial charge is 0.339 e. The zero-order chi connectivity index (χ0) is 17.8. The third-order valence-corrected chi connectivity index (χ3v) is 4.53. The molecule has 0 N–H and O–H groups in total. The number of benzene rings is 1. The predicted molar refractivity (Wildman–Crippen MR) is 98.9 cm³/mol. The van der Waals surface area contributed by atoms with Crippen LogP contribution in [0.1, 0.15) is 47.8 Å². The van der Waals surface area contributed by atoms with E-state index in [-0.39, 0.29) is 5.97 Å². The molecule has 0 fully saturated rings. The number of methoxy groups -OCH3 is 1. The van der Waals surface area contributed by atoms with Crippen molar-refractivity contribution in [2.24, 2.45) is 0 Å². The Bertz CT molecular complexity index is 812. The minimum absolute atomic E-state index is 0.346. The molecule has 1 aliphatic carbocycles. The lowest BCUT2D eigenvalue weighted by atomic mass is 9.99. The summed E-state index contributed by atoms with van der Waals surface area (Å²) in [6.45, 7) is 2.14. The molecule has 4 nitrogen and oxygen atoms in total. The Kier molecular flexibility index (Phi) is 5.39. The van der Waals surface area contributed by atoms with Gasteiger partial charge in [-0.3, -0.25) is 4.98 Å². The van der Waals surface area contributed by atoms with Gasteiger partial charge in [-0.15, -0.1) is 0 Å². The van der Waals surface area contributed by atoms with Crippen LogP contribution in [0.3, 0.4) is 0 Å². The van der Waals surface area contributed by atoms with Gasteiger partial charge < -0.3 is 9.47 Å². The average Bonchev–Trinajstić information content (AvgIpc) is 3.11. The van der Waals surface area contributed by atoms with E-state index in [4.69, 9.17) is 21.1 Å². The zero-order valence-corrected chi connectivity index (χ0v) is 15.1. The first-order chi connectivity index (χ1) is 12.1. The molecule has 0 bridgehead atoms. The van der Waals surface area contributed by atoms with Crippen LogP contribution < -0.4 is 4.74 Å². The number of rotatable bonds is 5. The number of carbonyl (C=O) groups excluding carboxylic acids is 1. The largest absolute Gasteiger partial charge is 0.496 e. The van der Waals surface area contributed by atoms with Gasteiger partial charge in [-0.2, -0.15) is 0 Å². The summed E-state index contributed by atoms with van der Waals surface area (Å²) in [5.74, 6) is 0.423. The minimum Gasteiger partial charge on any atom is -0.496 e. The van der Waals surface area contributed by atoms with Crippen LogP contribution in [0.2, 0.25) is 5.02 Å². The first-order valence-corrected chi connectivity index (χ1v) is 8.71. The van der Waals surface area contributed by atoms with E-state index in [1.165, 1.54) is 11.1 Å². The Morgan fingerprint density at radius 1 is 1.20 bits per heavy atom. The molecular weight excluding hydrogens is 338 g/mol. The van der Waals surface area contributed by atoms with Crippen molar-refractivity contribution in [2.75, 3.05) is 13.7 Å². The molecule has 0 radical (unpaired) electrons. The van der Waals surface area contributed by atoms with Crippen LogP contribution in [0.15, 0.2) is 36.5 Å². The van der Waals surface area contributed by atoms with Crippen LogP contribution in [0.5, 0.6) is 5.75 Å². The van der Waals surface area contributed by atoms with Gasteiger partial charge in [0.15, 0.2) is 0 Å². The second-order valence-corrected chi connectivity index (χ2v) is 6.24. The summed E-state index contributed by atoms with van der Waals surface area (Å²) >= 11 is 6.08. The number of pyridine rings is 1. The lowest BCUT2D eigenvalue weighted by Gasteiger charge is -2.12. The van der Waals surface area contributed by atoms with Gasteiger partial charge in [0.1, 0.15) is 5.75 Å². The third kappa shape index (κ3) is 3.69. The second-order valence-electron chi connectivity index (χ2n) is 5.81. The lowest BCUT2D eigenvalue weighted by Crippen LogP contribution is -2.05. The highest BCUT2D eigenvalue weighted by Crippen LogP contribution is 2.42. The van der Waals surface area contributed by atoms with Crippen molar-refractivity contribution in [3.05, 3.63) is 58.4 Å². The lowest BCUT2D eigenvalue weighted by molar-refractivity contribution is 0.0526. The van der Waals surface area contributed by atoms with Gasteiger partial charge in [0.05, 0.1) is 25.0 Å². The monoisotopic (exact) mass is 357 g/mol. The molecule has 1 aromatic carbocycles.